The van der Waals surface area contributed by atoms with E-state index < -0.39 is 5.60 Å². The van der Waals surface area contributed by atoms with E-state index >= 15 is 0 Å². The van der Waals surface area contributed by atoms with Gasteiger partial charge >= 0.3 is 0 Å². The molecule has 0 fully saturated rings. The first kappa shape index (κ1) is 16.3. The fraction of sp³-hybridized carbons (Fsp3) is 0.571. The second-order valence-corrected chi connectivity index (χ2v) is 5.57. The predicted octanol–water partition coefficient (Wildman–Crippen LogP) is 2.80. The van der Waals surface area contributed by atoms with Gasteiger partial charge in [0.05, 0.1) is 12.7 Å². The van der Waals surface area contributed by atoms with Crippen LogP contribution >= 0.6 is 15.9 Å². The molecule has 0 bridgehead atoms. The van der Waals surface area contributed by atoms with Gasteiger partial charge in [0.25, 0.3) is 0 Å². The van der Waals surface area contributed by atoms with E-state index in [0.29, 0.717) is 31.7 Å². The highest BCUT2D eigenvalue weighted by atomic mass is 79.9. The highest BCUT2D eigenvalue weighted by molar-refractivity contribution is 9.10. The lowest BCUT2D eigenvalue weighted by atomic mass is 9.97. The number of benzene rings is 1. The van der Waals surface area contributed by atoms with Gasteiger partial charge in [-0.25, -0.2) is 0 Å². The number of hydrogen-bond donors (Lipinski definition) is 3. The van der Waals surface area contributed by atoms with Gasteiger partial charge in [-0.15, -0.1) is 0 Å². The smallest absolute Gasteiger partial charge is 0.162 e. The first-order valence-corrected chi connectivity index (χ1v) is 7.23. The summed E-state index contributed by atoms with van der Waals surface area (Å²) in [6.07, 6.45) is 1.40. The van der Waals surface area contributed by atoms with Crippen LogP contribution < -0.4 is 10.1 Å². The van der Waals surface area contributed by atoms with Gasteiger partial charge in [-0.2, -0.15) is 0 Å². The predicted molar refractivity (Wildman–Crippen MR) is 79.6 cm³/mol. The fourth-order valence-corrected chi connectivity index (χ4v) is 2.33. The Balaban J connectivity index is 2.71. The Hall–Kier alpha value is -0.780. The molecule has 0 aliphatic heterocycles. The largest absolute Gasteiger partial charge is 0.504 e. The number of rotatable bonds is 7. The van der Waals surface area contributed by atoms with Gasteiger partial charge in [0.2, 0.25) is 0 Å². The Labute approximate surface area is 122 Å². The Morgan fingerprint density at radius 2 is 1.95 bits per heavy atom. The van der Waals surface area contributed by atoms with Crippen LogP contribution in [0.5, 0.6) is 11.5 Å². The number of aromatic hydroxyl groups is 1. The summed E-state index contributed by atoms with van der Waals surface area (Å²) in [7, 11) is 1.52. The summed E-state index contributed by atoms with van der Waals surface area (Å²) in [6, 6.07) is 3.55. The molecule has 0 aromatic heterocycles. The first-order valence-electron chi connectivity index (χ1n) is 6.44. The number of hydrogen-bond acceptors (Lipinski definition) is 4. The highest BCUT2D eigenvalue weighted by Gasteiger charge is 2.21. The van der Waals surface area contributed by atoms with Crippen LogP contribution in [0.1, 0.15) is 32.3 Å². The molecule has 0 saturated carbocycles. The minimum Gasteiger partial charge on any atom is -0.504 e. The molecule has 19 heavy (non-hydrogen) atoms. The molecule has 4 nitrogen and oxygen atoms in total. The summed E-state index contributed by atoms with van der Waals surface area (Å²) in [5.41, 5.74) is 0.0481. The third-order valence-corrected chi connectivity index (χ3v) is 3.88. The third-order valence-electron chi connectivity index (χ3n) is 3.42. The van der Waals surface area contributed by atoms with Crippen molar-refractivity contribution in [2.75, 3.05) is 13.7 Å². The van der Waals surface area contributed by atoms with Crippen molar-refractivity contribution in [3.8, 4) is 11.5 Å². The molecule has 0 spiro atoms. The maximum absolute atomic E-state index is 10.2. The molecule has 1 rings (SSSR count). The standard InChI is InChI=1S/C14H22BrNO3/c1-4-14(18,5-2)9-16-8-10-6-11(15)7-12(19-3)13(10)17/h6-7,16-18H,4-5,8-9H2,1-3H3. The first-order chi connectivity index (χ1) is 8.95. The van der Waals surface area contributed by atoms with Gasteiger partial charge in [0, 0.05) is 23.1 Å². The molecular weight excluding hydrogens is 310 g/mol. The molecule has 3 N–H and O–H groups in total. The lowest BCUT2D eigenvalue weighted by molar-refractivity contribution is 0.0322. The zero-order chi connectivity index (χ0) is 14.5. The molecule has 0 unspecified atom stereocenters. The van der Waals surface area contributed by atoms with Crippen LogP contribution in [0, 0.1) is 0 Å². The van der Waals surface area contributed by atoms with E-state index in [4.69, 9.17) is 4.74 Å². The molecule has 0 aliphatic rings. The maximum atomic E-state index is 10.2. The third kappa shape index (κ3) is 4.37. The summed E-state index contributed by atoms with van der Waals surface area (Å²) in [5.74, 6) is 0.571. The topological polar surface area (TPSA) is 61.7 Å². The Bertz CT molecular complexity index is 419. The zero-order valence-corrected chi connectivity index (χ0v) is 13.2. The van der Waals surface area contributed by atoms with Crippen LogP contribution in [0.15, 0.2) is 16.6 Å². The van der Waals surface area contributed by atoms with Gasteiger partial charge in [-0.05, 0) is 25.0 Å². The molecule has 1 aromatic carbocycles. The number of ether oxygens (including phenoxy) is 1. The molecule has 5 heteroatoms. The molecule has 0 aliphatic carbocycles. The van der Waals surface area contributed by atoms with Crippen molar-refractivity contribution in [2.45, 2.75) is 38.8 Å². The van der Waals surface area contributed by atoms with E-state index in [1.807, 2.05) is 19.9 Å². The average Bonchev–Trinajstić information content (AvgIpc) is 2.41. The Morgan fingerprint density at radius 1 is 1.32 bits per heavy atom. The lowest BCUT2D eigenvalue weighted by Crippen LogP contribution is -2.39. The van der Waals surface area contributed by atoms with E-state index in [-0.39, 0.29) is 5.75 Å². The lowest BCUT2D eigenvalue weighted by Gasteiger charge is -2.25. The average molecular weight is 332 g/mol. The molecule has 0 amide bonds. The van der Waals surface area contributed by atoms with Crippen LogP contribution in [0.4, 0.5) is 0 Å². The number of phenolic OH excluding ortho intramolecular Hbond substituents is 1. The Morgan fingerprint density at radius 3 is 2.47 bits per heavy atom. The van der Waals surface area contributed by atoms with Gasteiger partial charge in [0.15, 0.2) is 11.5 Å². The monoisotopic (exact) mass is 331 g/mol. The molecule has 0 saturated heterocycles. The maximum Gasteiger partial charge on any atom is 0.162 e. The van der Waals surface area contributed by atoms with Crippen molar-refractivity contribution in [3.63, 3.8) is 0 Å². The fourth-order valence-electron chi connectivity index (χ4n) is 1.85. The van der Waals surface area contributed by atoms with Crippen LogP contribution in [0.2, 0.25) is 0 Å². The van der Waals surface area contributed by atoms with Crippen LogP contribution in [-0.2, 0) is 6.54 Å². The molecule has 0 radical (unpaired) electrons. The van der Waals surface area contributed by atoms with Crippen molar-refractivity contribution < 1.29 is 14.9 Å². The molecule has 0 atom stereocenters. The number of phenols is 1. The van der Waals surface area contributed by atoms with Crippen molar-refractivity contribution in [2.24, 2.45) is 0 Å². The van der Waals surface area contributed by atoms with Crippen LogP contribution in [0.3, 0.4) is 0 Å². The van der Waals surface area contributed by atoms with E-state index in [2.05, 4.69) is 21.2 Å². The summed E-state index contributed by atoms with van der Waals surface area (Å²) in [6.45, 7) is 4.90. The number of aliphatic hydroxyl groups is 1. The van der Waals surface area contributed by atoms with Crippen molar-refractivity contribution in [1.29, 1.82) is 0 Å². The normalized spacial score (nSPS) is 11.6. The number of halogens is 1. The van der Waals surface area contributed by atoms with E-state index in [9.17, 15) is 10.2 Å². The quantitative estimate of drug-likeness (QED) is 0.719. The minimum absolute atomic E-state index is 0.134. The Kier molecular flexibility index (Phi) is 6.10. The summed E-state index contributed by atoms with van der Waals surface area (Å²) < 4.78 is 5.95. The SMILES string of the molecule is CCC(O)(CC)CNCc1cc(Br)cc(OC)c1O. The summed E-state index contributed by atoms with van der Waals surface area (Å²) in [4.78, 5) is 0. The van der Waals surface area contributed by atoms with Gasteiger partial charge < -0.3 is 20.3 Å². The zero-order valence-electron chi connectivity index (χ0n) is 11.7. The van der Waals surface area contributed by atoms with Crippen molar-refractivity contribution >= 4 is 15.9 Å². The number of methoxy groups -OCH3 is 1. The second kappa shape index (κ2) is 7.12. The minimum atomic E-state index is -0.689. The second-order valence-electron chi connectivity index (χ2n) is 4.65. The van der Waals surface area contributed by atoms with Gasteiger partial charge in [-0.1, -0.05) is 29.8 Å². The van der Waals surface area contributed by atoms with Crippen LogP contribution in [-0.4, -0.2) is 29.5 Å². The summed E-state index contributed by atoms with van der Waals surface area (Å²) in [5, 5.41) is 23.4. The molecule has 108 valence electrons. The van der Waals surface area contributed by atoms with Gasteiger partial charge in [-0.3, -0.25) is 0 Å². The molecule has 0 heterocycles. The number of nitrogens with one attached hydrogen (secondary N) is 1. The van der Waals surface area contributed by atoms with Crippen molar-refractivity contribution in [1.82, 2.24) is 5.32 Å². The molecule has 1 aromatic rings. The van der Waals surface area contributed by atoms with Crippen LogP contribution in [0.25, 0.3) is 0 Å². The van der Waals surface area contributed by atoms with Crippen molar-refractivity contribution in [3.05, 3.63) is 22.2 Å². The van der Waals surface area contributed by atoms with E-state index in [0.717, 1.165) is 10.0 Å². The molecular formula is C14H22BrNO3. The van der Waals surface area contributed by atoms with Gasteiger partial charge in [0.1, 0.15) is 0 Å². The van der Waals surface area contributed by atoms with E-state index in [1.165, 1.54) is 7.11 Å². The van der Waals surface area contributed by atoms with E-state index in [1.54, 1.807) is 6.07 Å². The summed E-state index contributed by atoms with van der Waals surface area (Å²) >= 11 is 3.38. The highest BCUT2D eigenvalue weighted by Crippen LogP contribution is 2.33.